The summed E-state index contributed by atoms with van der Waals surface area (Å²) in [6, 6.07) is 12.7. The minimum atomic E-state index is -0.211. The summed E-state index contributed by atoms with van der Waals surface area (Å²) in [7, 11) is 0. The Hall–Kier alpha value is -3.61. The summed E-state index contributed by atoms with van der Waals surface area (Å²) in [6.45, 7) is 2.39. The average Bonchev–Trinajstić information content (AvgIpc) is 3.30. The first-order valence-corrected chi connectivity index (χ1v) is 8.16. The van der Waals surface area contributed by atoms with Crippen LogP contribution in [-0.4, -0.2) is 25.5 Å². The highest BCUT2D eigenvalue weighted by atomic mass is 16.5. The van der Waals surface area contributed by atoms with Crippen molar-refractivity contribution in [2.75, 3.05) is 5.32 Å². The molecule has 0 unspecified atom stereocenters. The van der Waals surface area contributed by atoms with Gasteiger partial charge in [-0.1, -0.05) is 6.07 Å². The number of nitrogens with one attached hydrogen (secondary N) is 2. The number of benzene rings is 1. The number of carbonyl (C=O) groups excluding carboxylic acids is 1. The molecule has 7 nitrogen and oxygen atoms in total. The summed E-state index contributed by atoms with van der Waals surface area (Å²) in [5, 5.41) is 9.20. The number of aryl methyl sites for hydroxylation is 1. The Morgan fingerprint density at radius 3 is 2.81 bits per heavy atom. The Balaban J connectivity index is 1.40. The van der Waals surface area contributed by atoms with E-state index in [0.717, 1.165) is 16.9 Å². The molecule has 0 bridgehead atoms. The van der Waals surface area contributed by atoms with Crippen LogP contribution in [0.2, 0.25) is 0 Å². The monoisotopic (exact) mass is 347 g/mol. The second-order valence-electron chi connectivity index (χ2n) is 5.89. The van der Waals surface area contributed by atoms with E-state index in [-0.39, 0.29) is 5.91 Å². The van der Waals surface area contributed by atoms with E-state index in [1.54, 1.807) is 36.5 Å². The van der Waals surface area contributed by atoms with Crippen LogP contribution in [0.1, 0.15) is 21.6 Å². The van der Waals surface area contributed by atoms with Gasteiger partial charge in [0.05, 0.1) is 11.9 Å². The molecule has 7 heteroatoms. The molecule has 0 aliphatic rings. The van der Waals surface area contributed by atoms with Crippen molar-refractivity contribution in [1.29, 1.82) is 0 Å². The van der Waals surface area contributed by atoms with Gasteiger partial charge in [-0.05, 0) is 42.8 Å². The van der Waals surface area contributed by atoms with Crippen molar-refractivity contribution in [1.82, 2.24) is 19.6 Å². The molecule has 0 saturated carbocycles. The first-order valence-electron chi connectivity index (χ1n) is 8.16. The Morgan fingerprint density at radius 1 is 1.23 bits per heavy atom. The van der Waals surface area contributed by atoms with Gasteiger partial charge in [-0.15, -0.1) is 0 Å². The van der Waals surface area contributed by atoms with Gasteiger partial charge >= 0.3 is 0 Å². The number of nitrogens with zero attached hydrogens (tertiary/aromatic N) is 3. The zero-order valence-electron chi connectivity index (χ0n) is 14.1. The van der Waals surface area contributed by atoms with Gasteiger partial charge in [-0.2, -0.15) is 5.10 Å². The Morgan fingerprint density at radius 2 is 2.08 bits per heavy atom. The third-order valence-electron chi connectivity index (χ3n) is 3.98. The molecule has 3 heterocycles. The van der Waals surface area contributed by atoms with Crippen LogP contribution >= 0.6 is 0 Å². The van der Waals surface area contributed by atoms with Crippen LogP contribution in [-0.2, 0) is 6.61 Å². The number of imidazole rings is 1. The molecule has 0 aliphatic heterocycles. The van der Waals surface area contributed by atoms with Crippen molar-refractivity contribution in [3.05, 3.63) is 77.9 Å². The number of hydrogen-bond donors (Lipinski definition) is 2. The van der Waals surface area contributed by atoms with Crippen molar-refractivity contribution in [3.63, 3.8) is 0 Å². The highest BCUT2D eigenvalue weighted by molar-refractivity contribution is 6.03. The number of rotatable bonds is 5. The summed E-state index contributed by atoms with van der Waals surface area (Å²) in [6.07, 6.45) is 5.49. The van der Waals surface area contributed by atoms with E-state index < -0.39 is 0 Å². The fourth-order valence-electron chi connectivity index (χ4n) is 2.65. The molecule has 1 aromatic carbocycles. The molecule has 1 amide bonds. The first-order chi connectivity index (χ1) is 12.7. The van der Waals surface area contributed by atoms with Gasteiger partial charge in [0.1, 0.15) is 23.8 Å². The van der Waals surface area contributed by atoms with Crippen molar-refractivity contribution in [3.8, 4) is 5.75 Å². The number of amides is 1. The van der Waals surface area contributed by atoms with E-state index >= 15 is 0 Å². The third kappa shape index (κ3) is 3.27. The lowest BCUT2D eigenvalue weighted by atomic mass is 10.2. The zero-order valence-corrected chi connectivity index (χ0v) is 14.1. The van der Waals surface area contributed by atoms with Crippen LogP contribution in [0.5, 0.6) is 5.75 Å². The topological polar surface area (TPSA) is 84.3 Å². The lowest BCUT2D eigenvalue weighted by Gasteiger charge is -2.06. The molecule has 3 aromatic heterocycles. The molecule has 0 radical (unpaired) electrons. The number of hydrogen-bond acceptors (Lipinski definition) is 4. The fourth-order valence-corrected chi connectivity index (χ4v) is 2.65. The van der Waals surface area contributed by atoms with Crippen LogP contribution in [0.25, 0.3) is 5.65 Å². The van der Waals surface area contributed by atoms with Gasteiger partial charge in [0.2, 0.25) is 0 Å². The molecule has 0 atom stereocenters. The number of H-pyrrole nitrogens is 1. The largest absolute Gasteiger partial charge is 0.487 e. The minimum Gasteiger partial charge on any atom is -0.487 e. The number of ether oxygens (including phenoxy) is 1. The van der Waals surface area contributed by atoms with Gasteiger partial charge in [0.15, 0.2) is 0 Å². The summed E-state index contributed by atoms with van der Waals surface area (Å²) >= 11 is 0. The SMILES string of the molecule is Cc1cccn2cc(COc3ccc(C(=O)Nc4ccn[nH]4)cc3)nc12. The molecular weight excluding hydrogens is 330 g/mol. The molecular formula is C19H17N5O2. The Kier molecular flexibility index (Phi) is 4.10. The van der Waals surface area contributed by atoms with E-state index in [0.29, 0.717) is 23.7 Å². The lowest BCUT2D eigenvalue weighted by Crippen LogP contribution is -2.12. The van der Waals surface area contributed by atoms with E-state index in [9.17, 15) is 4.79 Å². The molecule has 0 spiro atoms. The standard InChI is InChI=1S/C19H17N5O2/c1-13-3-2-10-24-11-15(21-18(13)24)12-26-16-6-4-14(5-7-16)19(25)22-17-8-9-20-23-17/h2-11H,12H2,1H3,(H2,20,22,23,25). The van der Waals surface area contributed by atoms with Crippen LogP contribution in [0, 0.1) is 6.92 Å². The summed E-state index contributed by atoms with van der Waals surface area (Å²) < 4.78 is 7.76. The number of anilines is 1. The molecule has 0 fully saturated rings. The first kappa shape index (κ1) is 15.9. The normalized spacial score (nSPS) is 10.8. The second-order valence-corrected chi connectivity index (χ2v) is 5.89. The van der Waals surface area contributed by atoms with Gasteiger partial charge in [-0.3, -0.25) is 9.89 Å². The predicted octanol–water partition coefficient (Wildman–Crippen LogP) is 3.20. The lowest BCUT2D eigenvalue weighted by molar-refractivity contribution is 0.102. The van der Waals surface area contributed by atoms with Crippen LogP contribution in [0.4, 0.5) is 5.82 Å². The Bertz CT molecular complexity index is 1040. The van der Waals surface area contributed by atoms with E-state index in [4.69, 9.17) is 4.74 Å². The maximum absolute atomic E-state index is 12.1. The summed E-state index contributed by atoms with van der Waals surface area (Å²) in [5.74, 6) is 1.02. The number of carbonyl (C=O) groups is 1. The maximum Gasteiger partial charge on any atom is 0.256 e. The van der Waals surface area contributed by atoms with E-state index in [1.165, 1.54) is 0 Å². The summed E-state index contributed by atoms with van der Waals surface area (Å²) in [4.78, 5) is 16.7. The smallest absolute Gasteiger partial charge is 0.256 e. The second kappa shape index (κ2) is 6.72. The average molecular weight is 347 g/mol. The molecule has 130 valence electrons. The van der Waals surface area contributed by atoms with Gasteiger partial charge in [0.25, 0.3) is 5.91 Å². The fraction of sp³-hybridized carbons (Fsp3) is 0.105. The highest BCUT2D eigenvalue weighted by Gasteiger charge is 2.08. The van der Waals surface area contributed by atoms with Crippen LogP contribution < -0.4 is 10.1 Å². The van der Waals surface area contributed by atoms with Gasteiger partial charge in [-0.25, -0.2) is 4.98 Å². The quantitative estimate of drug-likeness (QED) is 0.581. The number of aromatic amines is 1. The molecule has 2 N–H and O–H groups in total. The van der Waals surface area contributed by atoms with Crippen molar-refractivity contribution in [2.24, 2.45) is 0 Å². The molecule has 4 rings (SSSR count). The highest BCUT2D eigenvalue weighted by Crippen LogP contribution is 2.16. The van der Waals surface area contributed by atoms with Crippen molar-refractivity contribution >= 4 is 17.4 Å². The van der Waals surface area contributed by atoms with Crippen molar-refractivity contribution in [2.45, 2.75) is 13.5 Å². The molecule has 0 aliphatic carbocycles. The molecule has 26 heavy (non-hydrogen) atoms. The molecule has 0 saturated heterocycles. The Labute approximate surface area is 149 Å². The maximum atomic E-state index is 12.1. The van der Waals surface area contributed by atoms with Crippen LogP contribution in [0.3, 0.4) is 0 Å². The third-order valence-corrected chi connectivity index (χ3v) is 3.98. The number of aromatic nitrogens is 4. The van der Waals surface area contributed by atoms with Gasteiger partial charge in [0, 0.05) is 24.0 Å². The number of fused-ring (bicyclic) bond motifs is 1. The number of pyridine rings is 1. The molecule has 4 aromatic rings. The van der Waals surface area contributed by atoms with E-state index in [1.807, 2.05) is 35.9 Å². The zero-order chi connectivity index (χ0) is 17.9. The van der Waals surface area contributed by atoms with E-state index in [2.05, 4.69) is 20.5 Å². The van der Waals surface area contributed by atoms with Crippen LogP contribution in [0.15, 0.2) is 61.1 Å². The predicted molar refractivity (Wildman–Crippen MR) is 97.2 cm³/mol. The summed E-state index contributed by atoms with van der Waals surface area (Å²) in [5.41, 5.74) is 3.43. The minimum absolute atomic E-state index is 0.211. The van der Waals surface area contributed by atoms with Crippen molar-refractivity contribution < 1.29 is 9.53 Å². The van der Waals surface area contributed by atoms with Gasteiger partial charge < -0.3 is 14.5 Å².